The summed E-state index contributed by atoms with van der Waals surface area (Å²) in [6, 6.07) is 6.96. The molecule has 2 aromatic carbocycles. The second kappa shape index (κ2) is 6.98. The predicted molar refractivity (Wildman–Crippen MR) is 93.4 cm³/mol. The largest absolute Gasteiger partial charge is 0.457 e. The summed E-state index contributed by atoms with van der Waals surface area (Å²) < 4.78 is 85.0. The number of para-hydroxylation sites is 2. The van der Waals surface area contributed by atoms with E-state index in [2.05, 4.69) is 0 Å². The van der Waals surface area contributed by atoms with Gasteiger partial charge in [0, 0.05) is 22.5 Å². The maximum atomic E-state index is 16.1. The first-order valence-electron chi connectivity index (χ1n) is 8.32. The monoisotopic (exact) mass is 390 g/mol. The Bertz CT molecular complexity index is 776. The molecule has 0 aromatic heterocycles. The summed E-state index contributed by atoms with van der Waals surface area (Å²) in [5, 5.41) is 0. The lowest BCUT2D eigenvalue weighted by molar-refractivity contribution is -0.322. The lowest BCUT2D eigenvalue weighted by Crippen LogP contribution is -2.53. The Morgan fingerprint density at radius 2 is 1.07 bits per heavy atom. The molecule has 0 atom stereocenters. The standard InChI is InChI=1S/C19H20F6N2/c1-3-11-7-5-9-13(15(11)26)17(20,18(21,22)19(23,24)25)14-10-6-8-12(4-2)16(14)27/h5-10H,3-4,26-27H2,1-2H3. The number of alkyl halides is 6. The number of nitrogens with two attached hydrogens (primary N) is 2. The van der Waals surface area contributed by atoms with Crippen LogP contribution < -0.4 is 11.5 Å². The molecule has 148 valence electrons. The third-order valence-electron chi connectivity index (χ3n) is 4.69. The average Bonchev–Trinajstić information content (AvgIpc) is 2.60. The molecule has 2 rings (SSSR count). The molecule has 0 saturated heterocycles. The number of aryl methyl sites for hydroxylation is 2. The summed E-state index contributed by atoms with van der Waals surface area (Å²) >= 11 is 0. The number of nitrogen functional groups attached to an aromatic ring is 2. The Hall–Kier alpha value is -2.38. The van der Waals surface area contributed by atoms with Gasteiger partial charge in [0.05, 0.1) is 0 Å². The lowest BCUT2D eigenvalue weighted by atomic mass is 9.78. The first-order valence-corrected chi connectivity index (χ1v) is 8.32. The highest BCUT2D eigenvalue weighted by Crippen LogP contribution is 2.57. The zero-order valence-electron chi connectivity index (χ0n) is 14.8. The van der Waals surface area contributed by atoms with Crippen molar-refractivity contribution in [2.24, 2.45) is 0 Å². The van der Waals surface area contributed by atoms with Crippen molar-refractivity contribution < 1.29 is 26.3 Å². The molecule has 0 fully saturated rings. The molecule has 0 unspecified atom stereocenters. The van der Waals surface area contributed by atoms with Gasteiger partial charge in [-0.1, -0.05) is 50.2 Å². The maximum Gasteiger partial charge on any atom is 0.457 e. The van der Waals surface area contributed by atoms with Crippen LogP contribution in [-0.2, 0) is 18.5 Å². The van der Waals surface area contributed by atoms with Gasteiger partial charge in [0.15, 0.2) is 0 Å². The number of anilines is 2. The minimum absolute atomic E-state index is 0.234. The summed E-state index contributed by atoms with van der Waals surface area (Å²) in [4.78, 5) is 0. The quantitative estimate of drug-likeness (QED) is 0.532. The van der Waals surface area contributed by atoms with E-state index in [9.17, 15) is 22.0 Å². The van der Waals surface area contributed by atoms with Crippen molar-refractivity contribution >= 4 is 11.4 Å². The van der Waals surface area contributed by atoms with Crippen LogP contribution in [0.15, 0.2) is 36.4 Å². The number of halogens is 6. The van der Waals surface area contributed by atoms with Gasteiger partial charge in [-0.2, -0.15) is 22.0 Å². The molecule has 4 N–H and O–H groups in total. The van der Waals surface area contributed by atoms with Crippen LogP contribution in [0.5, 0.6) is 0 Å². The SMILES string of the molecule is CCc1cccc(C(F)(c2cccc(CC)c2N)C(F)(F)C(F)(F)F)c1N. The van der Waals surface area contributed by atoms with Crippen molar-refractivity contribution in [3.63, 3.8) is 0 Å². The molecule has 0 amide bonds. The van der Waals surface area contributed by atoms with Crippen LogP contribution >= 0.6 is 0 Å². The summed E-state index contributed by atoms with van der Waals surface area (Å²) in [5.74, 6) is -5.76. The number of hydrogen-bond acceptors (Lipinski definition) is 2. The molecular formula is C19H20F6N2. The molecular weight excluding hydrogens is 370 g/mol. The van der Waals surface area contributed by atoms with E-state index in [-0.39, 0.29) is 24.0 Å². The first-order chi connectivity index (χ1) is 12.4. The Morgan fingerprint density at radius 1 is 0.704 bits per heavy atom. The zero-order valence-corrected chi connectivity index (χ0v) is 14.8. The van der Waals surface area contributed by atoms with Crippen molar-refractivity contribution in [1.29, 1.82) is 0 Å². The Balaban J connectivity index is 2.96. The normalized spacial score (nSPS) is 13.0. The van der Waals surface area contributed by atoms with E-state index in [0.717, 1.165) is 12.1 Å². The van der Waals surface area contributed by atoms with Crippen LogP contribution in [0.1, 0.15) is 36.1 Å². The number of hydrogen-bond donors (Lipinski definition) is 2. The smallest absolute Gasteiger partial charge is 0.398 e. The molecule has 0 saturated carbocycles. The van der Waals surface area contributed by atoms with Crippen LogP contribution in [0.2, 0.25) is 0 Å². The molecule has 0 radical (unpaired) electrons. The molecule has 0 heterocycles. The second-order valence-corrected chi connectivity index (χ2v) is 6.19. The molecule has 0 aliphatic rings. The topological polar surface area (TPSA) is 52.0 Å². The van der Waals surface area contributed by atoms with Gasteiger partial charge in [-0.15, -0.1) is 0 Å². The van der Waals surface area contributed by atoms with Gasteiger partial charge in [0.2, 0.25) is 5.67 Å². The van der Waals surface area contributed by atoms with Crippen molar-refractivity contribution in [3.8, 4) is 0 Å². The van der Waals surface area contributed by atoms with E-state index in [0.29, 0.717) is 0 Å². The molecule has 0 aliphatic heterocycles. The molecule has 2 nitrogen and oxygen atoms in total. The number of benzene rings is 2. The van der Waals surface area contributed by atoms with Gasteiger partial charge in [-0.25, -0.2) is 4.39 Å². The summed E-state index contributed by atoms with van der Waals surface area (Å²) in [5.41, 5.74) is 5.02. The van der Waals surface area contributed by atoms with E-state index in [1.807, 2.05) is 0 Å². The van der Waals surface area contributed by atoms with Crippen LogP contribution in [0.4, 0.5) is 37.7 Å². The highest BCUT2D eigenvalue weighted by atomic mass is 19.4. The molecule has 8 heteroatoms. The van der Waals surface area contributed by atoms with E-state index in [1.165, 1.54) is 24.3 Å². The summed E-state index contributed by atoms with van der Waals surface area (Å²) in [6.45, 7) is 3.26. The average molecular weight is 390 g/mol. The van der Waals surface area contributed by atoms with E-state index >= 15 is 4.39 Å². The molecule has 27 heavy (non-hydrogen) atoms. The molecule has 2 aromatic rings. The highest BCUT2D eigenvalue weighted by molar-refractivity contribution is 5.66. The van der Waals surface area contributed by atoms with Gasteiger partial charge in [0.1, 0.15) is 0 Å². The molecule has 0 aliphatic carbocycles. The minimum Gasteiger partial charge on any atom is -0.398 e. The van der Waals surface area contributed by atoms with Crippen LogP contribution in [0.3, 0.4) is 0 Å². The fourth-order valence-corrected chi connectivity index (χ4v) is 3.12. The lowest BCUT2D eigenvalue weighted by Gasteiger charge is -2.37. The second-order valence-electron chi connectivity index (χ2n) is 6.19. The molecule has 0 bridgehead atoms. The summed E-state index contributed by atoms with van der Waals surface area (Å²) in [7, 11) is 0. The number of rotatable bonds is 5. The Kier molecular flexibility index (Phi) is 5.41. The van der Waals surface area contributed by atoms with Crippen molar-refractivity contribution in [2.45, 2.75) is 44.5 Å². The fourth-order valence-electron chi connectivity index (χ4n) is 3.12. The van der Waals surface area contributed by atoms with E-state index < -0.39 is 40.3 Å². The summed E-state index contributed by atoms with van der Waals surface area (Å²) in [6.07, 6.45) is -5.69. The van der Waals surface area contributed by atoms with Gasteiger partial charge < -0.3 is 11.5 Å². The minimum atomic E-state index is -6.16. The first kappa shape index (κ1) is 20.9. The fraction of sp³-hybridized carbons (Fsp3) is 0.368. The van der Waals surface area contributed by atoms with Gasteiger partial charge >= 0.3 is 12.1 Å². The Labute approximate surface area is 153 Å². The predicted octanol–water partition coefficient (Wildman–Crippen LogP) is 5.39. The zero-order chi connectivity index (χ0) is 20.6. The Morgan fingerprint density at radius 3 is 1.37 bits per heavy atom. The van der Waals surface area contributed by atoms with Crippen LogP contribution in [-0.4, -0.2) is 12.1 Å². The van der Waals surface area contributed by atoms with Crippen molar-refractivity contribution in [1.82, 2.24) is 0 Å². The van der Waals surface area contributed by atoms with Gasteiger partial charge in [0.25, 0.3) is 0 Å². The van der Waals surface area contributed by atoms with Gasteiger partial charge in [-0.05, 0) is 24.0 Å². The van der Waals surface area contributed by atoms with Crippen LogP contribution in [0.25, 0.3) is 0 Å². The maximum absolute atomic E-state index is 16.1. The third kappa shape index (κ3) is 3.11. The van der Waals surface area contributed by atoms with Crippen LogP contribution in [0, 0.1) is 0 Å². The molecule has 0 spiro atoms. The van der Waals surface area contributed by atoms with Crippen molar-refractivity contribution in [3.05, 3.63) is 58.7 Å². The van der Waals surface area contributed by atoms with Gasteiger partial charge in [-0.3, -0.25) is 0 Å². The van der Waals surface area contributed by atoms with E-state index in [1.54, 1.807) is 13.8 Å². The van der Waals surface area contributed by atoms with E-state index in [4.69, 9.17) is 11.5 Å². The third-order valence-corrected chi connectivity index (χ3v) is 4.69. The highest BCUT2D eigenvalue weighted by Gasteiger charge is 2.73. The van der Waals surface area contributed by atoms with Crippen molar-refractivity contribution in [2.75, 3.05) is 11.5 Å².